The molecule has 0 atom stereocenters. The van der Waals surface area contributed by atoms with E-state index in [1.54, 1.807) is 0 Å². The van der Waals surface area contributed by atoms with Crippen molar-refractivity contribution in [3.05, 3.63) is 42.5 Å². The van der Waals surface area contributed by atoms with Crippen molar-refractivity contribution in [2.24, 2.45) is 0 Å². The summed E-state index contributed by atoms with van der Waals surface area (Å²) in [6, 6.07) is 15.3. The van der Waals surface area contributed by atoms with Crippen LogP contribution in [0.5, 0.6) is 0 Å². The number of benzene rings is 2. The minimum absolute atomic E-state index is 1.14. The van der Waals surface area contributed by atoms with E-state index in [0.717, 1.165) is 13.1 Å². The third kappa shape index (κ3) is 2.08. The predicted octanol–water partition coefficient (Wildman–Crippen LogP) is 2.98. The van der Waals surface area contributed by atoms with Gasteiger partial charge in [-0.05, 0) is 18.0 Å². The molecule has 0 bridgehead atoms. The van der Waals surface area contributed by atoms with Crippen LogP contribution in [0.3, 0.4) is 0 Å². The topological polar surface area (TPSA) is 6.48 Å². The second-order valence-corrected chi connectivity index (χ2v) is 4.92. The van der Waals surface area contributed by atoms with Gasteiger partial charge in [0.2, 0.25) is 0 Å². The molecule has 0 spiro atoms. The van der Waals surface area contributed by atoms with Gasteiger partial charge in [-0.25, -0.2) is 0 Å². The van der Waals surface area contributed by atoms with Crippen LogP contribution in [0.4, 0.5) is 5.69 Å². The van der Waals surface area contributed by atoms with E-state index in [9.17, 15) is 0 Å². The summed E-state index contributed by atoms with van der Waals surface area (Å²) < 4.78 is 0. The lowest BCUT2D eigenvalue weighted by atomic mass is 10.1. The minimum atomic E-state index is 1.14. The van der Waals surface area contributed by atoms with Crippen LogP contribution in [0, 0.1) is 0 Å². The zero-order chi connectivity index (χ0) is 12.4. The second-order valence-electron chi connectivity index (χ2n) is 4.92. The second kappa shape index (κ2) is 4.99. The van der Waals surface area contributed by atoms with Gasteiger partial charge in [0.05, 0.1) is 0 Å². The highest BCUT2D eigenvalue weighted by Gasteiger charge is 2.16. The zero-order valence-corrected chi connectivity index (χ0v) is 11.0. The molecule has 1 aliphatic rings. The lowest BCUT2D eigenvalue weighted by molar-refractivity contribution is 0.271. The van der Waals surface area contributed by atoms with Gasteiger partial charge in [-0.15, -0.1) is 0 Å². The van der Waals surface area contributed by atoms with E-state index in [4.69, 9.17) is 0 Å². The Bertz CT molecular complexity index is 522. The molecule has 0 saturated carbocycles. The first-order valence-electron chi connectivity index (χ1n) is 6.83. The molecule has 94 valence electrons. The molecule has 0 radical (unpaired) electrons. The summed E-state index contributed by atoms with van der Waals surface area (Å²) in [5.41, 5.74) is 1.39. The Morgan fingerprint density at radius 2 is 1.61 bits per heavy atom. The van der Waals surface area contributed by atoms with Crippen LogP contribution in [-0.4, -0.2) is 37.6 Å². The average molecular weight is 240 g/mol. The number of fused-ring (bicyclic) bond motifs is 1. The first-order valence-corrected chi connectivity index (χ1v) is 6.83. The maximum absolute atomic E-state index is 2.52. The van der Waals surface area contributed by atoms with Crippen molar-refractivity contribution < 1.29 is 0 Å². The molecule has 0 aromatic heterocycles. The number of anilines is 1. The largest absolute Gasteiger partial charge is 0.368 e. The van der Waals surface area contributed by atoms with Gasteiger partial charge >= 0.3 is 0 Å². The van der Waals surface area contributed by atoms with Crippen molar-refractivity contribution in [1.29, 1.82) is 0 Å². The van der Waals surface area contributed by atoms with Crippen LogP contribution in [0.25, 0.3) is 10.8 Å². The van der Waals surface area contributed by atoms with Crippen molar-refractivity contribution in [1.82, 2.24) is 4.90 Å². The zero-order valence-electron chi connectivity index (χ0n) is 11.0. The Hall–Kier alpha value is -1.54. The van der Waals surface area contributed by atoms with E-state index in [2.05, 4.69) is 59.2 Å². The molecule has 1 heterocycles. The molecular weight excluding hydrogens is 220 g/mol. The normalized spacial score (nSPS) is 17.3. The van der Waals surface area contributed by atoms with Gasteiger partial charge in [0.25, 0.3) is 0 Å². The number of hydrogen-bond acceptors (Lipinski definition) is 2. The van der Waals surface area contributed by atoms with Gasteiger partial charge in [-0.3, -0.25) is 0 Å². The Labute approximate surface area is 109 Å². The van der Waals surface area contributed by atoms with Gasteiger partial charge in [0.15, 0.2) is 0 Å². The fourth-order valence-corrected chi connectivity index (χ4v) is 2.79. The van der Waals surface area contributed by atoms with Crippen molar-refractivity contribution >= 4 is 16.5 Å². The van der Waals surface area contributed by atoms with E-state index in [-0.39, 0.29) is 0 Å². The molecule has 1 fully saturated rings. The van der Waals surface area contributed by atoms with E-state index in [1.165, 1.54) is 36.1 Å². The number of piperazine rings is 1. The molecule has 2 heteroatoms. The Kier molecular flexibility index (Phi) is 3.20. The molecular formula is C16H20N2. The number of hydrogen-bond donors (Lipinski definition) is 0. The summed E-state index contributed by atoms with van der Waals surface area (Å²) >= 11 is 0. The van der Waals surface area contributed by atoms with Gasteiger partial charge < -0.3 is 9.80 Å². The molecule has 2 aromatic carbocycles. The summed E-state index contributed by atoms with van der Waals surface area (Å²) in [6.07, 6.45) is 0. The van der Waals surface area contributed by atoms with E-state index in [0.29, 0.717) is 0 Å². The highest BCUT2D eigenvalue weighted by molar-refractivity contribution is 5.94. The highest BCUT2D eigenvalue weighted by atomic mass is 15.3. The molecule has 0 aliphatic carbocycles. The molecule has 0 unspecified atom stereocenters. The predicted molar refractivity (Wildman–Crippen MR) is 78.3 cm³/mol. The summed E-state index contributed by atoms with van der Waals surface area (Å²) in [5.74, 6) is 0. The maximum Gasteiger partial charge on any atom is 0.0446 e. The highest BCUT2D eigenvalue weighted by Crippen LogP contribution is 2.27. The molecule has 2 nitrogen and oxygen atoms in total. The number of likely N-dealkylation sites (N-methyl/N-ethyl adjacent to an activating group) is 1. The van der Waals surface area contributed by atoms with Crippen molar-refractivity contribution in [2.45, 2.75) is 6.92 Å². The molecule has 2 aromatic rings. The maximum atomic E-state index is 2.52. The summed E-state index contributed by atoms with van der Waals surface area (Å²) in [4.78, 5) is 5.04. The molecule has 18 heavy (non-hydrogen) atoms. The van der Waals surface area contributed by atoms with Gasteiger partial charge in [-0.2, -0.15) is 0 Å². The molecule has 1 aliphatic heterocycles. The van der Waals surface area contributed by atoms with Gasteiger partial charge in [0.1, 0.15) is 0 Å². The quantitative estimate of drug-likeness (QED) is 0.796. The van der Waals surface area contributed by atoms with Gasteiger partial charge in [0, 0.05) is 37.3 Å². The number of nitrogens with zero attached hydrogens (tertiary/aromatic N) is 2. The Morgan fingerprint density at radius 1 is 0.889 bits per heavy atom. The average Bonchev–Trinajstić information content (AvgIpc) is 2.47. The standard InChI is InChI=1S/C16H20N2/c1-2-17-10-12-18(13-11-17)16-9-5-7-14-6-3-4-8-15(14)16/h3-9H,2,10-13H2,1H3. The van der Waals surface area contributed by atoms with E-state index >= 15 is 0 Å². The molecule has 0 amide bonds. The first kappa shape index (κ1) is 11.5. The lowest BCUT2D eigenvalue weighted by Gasteiger charge is -2.36. The molecule has 1 saturated heterocycles. The van der Waals surface area contributed by atoms with E-state index in [1.807, 2.05) is 0 Å². The van der Waals surface area contributed by atoms with Crippen LogP contribution in [0.1, 0.15) is 6.92 Å². The van der Waals surface area contributed by atoms with Crippen molar-refractivity contribution in [3.8, 4) is 0 Å². The van der Waals surface area contributed by atoms with Crippen LogP contribution in [0.2, 0.25) is 0 Å². The SMILES string of the molecule is CCN1CCN(c2cccc3ccccc23)CC1. The summed E-state index contributed by atoms with van der Waals surface area (Å²) in [7, 11) is 0. The molecule has 0 N–H and O–H groups in total. The first-order chi connectivity index (χ1) is 8.88. The third-order valence-corrected chi connectivity index (χ3v) is 3.93. The fourth-order valence-electron chi connectivity index (χ4n) is 2.79. The smallest absolute Gasteiger partial charge is 0.0446 e. The number of rotatable bonds is 2. The summed E-state index contributed by atoms with van der Waals surface area (Å²) in [5, 5.41) is 2.72. The summed E-state index contributed by atoms with van der Waals surface area (Å²) in [6.45, 7) is 8.06. The van der Waals surface area contributed by atoms with Crippen molar-refractivity contribution in [2.75, 3.05) is 37.6 Å². The van der Waals surface area contributed by atoms with Crippen molar-refractivity contribution in [3.63, 3.8) is 0 Å². The lowest BCUT2D eigenvalue weighted by Crippen LogP contribution is -2.46. The third-order valence-electron chi connectivity index (χ3n) is 3.93. The van der Waals surface area contributed by atoms with E-state index < -0.39 is 0 Å². The van der Waals surface area contributed by atoms with Gasteiger partial charge in [-0.1, -0.05) is 43.3 Å². The van der Waals surface area contributed by atoms with Crippen LogP contribution >= 0.6 is 0 Å². The Morgan fingerprint density at radius 3 is 2.39 bits per heavy atom. The van der Waals surface area contributed by atoms with Crippen LogP contribution < -0.4 is 4.90 Å². The minimum Gasteiger partial charge on any atom is -0.368 e. The van der Waals surface area contributed by atoms with Crippen LogP contribution in [0.15, 0.2) is 42.5 Å². The monoisotopic (exact) mass is 240 g/mol. The Balaban J connectivity index is 1.91. The molecule has 3 rings (SSSR count). The van der Waals surface area contributed by atoms with Crippen LogP contribution in [-0.2, 0) is 0 Å². The fraction of sp³-hybridized carbons (Fsp3) is 0.375.